The van der Waals surface area contributed by atoms with E-state index in [0.717, 1.165) is 31.0 Å². The lowest BCUT2D eigenvalue weighted by atomic mass is 9.89. The van der Waals surface area contributed by atoms with Crippen LogP contribution < -0.4 is 4.74 Å². The minimum absolute atomic E-state index is 0.294. The quantitative estimate of drug-likeness (QED) is 0.687. The van der Waals surface area contributed by atoms with Gasteiger partial charge in [0.2, 0.25) is 0 Å². The predicted molar refractivity (Wildman–Crippen MR) is 117 cm³/mol. The number of allylic oxidation sites excluding steroid dienone is 1. The van der Waals surface area contributed by atoms with Gasteiger partial charge < -0.3 is 14.4 Å². The van der Waals surface area contributed by atoms with E-state index < -0.39 is 6.10 Å². The number of rotatable bonds is 6. The Morgan fingerprint density at radius 2 is 1.93 bits per heavy atom. The zero-order chi connectivity index (χ0) is 20.5. The number of hydrogen-bond acceptors (Lipinski definition) is 4. The van der Waals surface area contributed by atoms with Gasteiger partial charge in [-0.3, -0.25) is 4.90 Å². The van der Waals surface area contributed by atoms with E-state index in [-0.39, 0.29) is 0 Å². The average Bonchev–Trinajstić information content (AvgIpc) is 3.35. The first-order chi connectivity index (χ1) is 14.7. The Kier molecular flexibility index (Phi) is 5.15. The second-order valence-electron chi connectivity index (χ2n) is 8.33. The van der Waals surface area contributed by atoms with E-state index in [4.69, 9.17) is 4.74 Å². The van der Waals surface area contributed by atoms with Crippen LogP contribution in [0, 0.1) is 0 Å². The van der Waals surface area contributed by atoms with Crippen molar-refractivity contribution in [2.75, 3.05) is 13.2 Å². The van der Waals surface area contributed by atoms with Gasteiger partial charge in [-0.1, -0.05) is 42.5 Å². The topological polar surface area (TPSA) is 50.5 Å². The minimum Gasteiger partial charge on any atom is -0.491 e. The maximum absolute atomic E-state index is 10.5. The van der Waals surface area contributed by atoms with Gasteiger partial charge in [-0.15, -0.1) is 0 Å². The second-order valence-corrected chi connectivity index (χ2v) is 8.33. The van der Waals surface area contributed by atoms with Crippen LogP contribution in [0.3, 0.4) is 0 Å². The molecule has 0 spiro atoms. The van der Waals surface area contributed by atoms with Crippen molar-refractivity contribution in [3.63, 3.8) is 0 Å². The number of aryl methyl sites for hydroxylation is 1. The molecule has 0 saturated carbocycles. The Hall–Kier alpha value is -2.89. The molecule has 0 saturated heterocycles. The summed E-state index contributed by atoms with van der Waals surface area (Å²) in [5, 5.41) is 10.5. The largest absolute Gasteiger partial charge is 0.491 e. The van der Waals surface area contributed by atoms with Crippen molar-refractivity contribution < 1.29 is 9.84 Å². The van der Waals surface area contributed by atoms with Crippen LogP contribution in [-0.4, -0.2) is 38.8 Å². The summed E-state index contributed by atoms with van der Waals surface area (Å²) in [5.41, 5.74) is 6.26. The summed E-state index contributed by atoms with van der Waals surface area (Å²) >= 11 is 0. The van der Waals surface area contributed by atoms with E-state index in [1.54, 1.807) is 0 Å². The highest BCUT2D eigenvalue weighted by Crippen LogP contribution is 2.31. The first-order valence-electron chi connectivity index (χ1n) is 10.5. The van der Waals surface area contributed by atoms with Crippen LogP contribution in [-0.2, 0) is 26.6 Å². The van der Waals surface area contributed by atoms with Crippen LogP contribution in [0.5, 0.6) is 5.75 Å². The number of aliphatic hydroxyl groups is 1. The third-order valence-electron chi connectivity index (χ3n) is 6.09. The van der Waals surface area contributed by atoms with E-state index in [0.29, 0.717) is 19.1 Å². The molecule has 5 heteroatoms. The number of benzene rings is 2. The van der Waals surface area contributed by atoms with Crippen molar-refractivity contribution in [1.82, 2.24) is 14.5 Å². The van der Waals surface area contributed by atoms with E-state index in [9.17, 15) is 5.11 Å². The first kappa shape index (κ1) is 19.1. The molecule has 0 fully saturated rings. The third-order valence-corrected chi connectivity index (χ3v) is 6.09. The fourth-order valence-electron chi connectivity index (χ4n) is 4.49. The maximum atomic E-state index is 10.5. The van der Waals surface area contributed by atoms with Gasteiger partial charge in [-0.2, -0.15) is 0 Å². The van der Waals surface area contributed by atoms with Gasteiger partial charge in [0.15, 0.2) is 0 Å². The van der Waals surface area contributed by atoms with Crippen LogP contribution in [0.15, 0.2) is 60.9 Å². The van der Waals surface area contributed by atoms with Gasteiger partial charge in [-0.05, 0) is 34.9 Å². The van der Waals surface area contributed by atoms with Crippen molar-refractivity contribution in [1.29, 1.82) is 0 Å². The molecular weight excluding hydrogens is 374 g/mol. The molecule has 2 aliphatic rings. The van der Waals surface area contributed by atoms with E-state index in [2.05, 4.69) is 63.0 Å². The lowest BCUT2D eigenvalue weighted by Crippen LogP contribution is -2.32. The van der Waals surface area contributed by atoms with Gasteiger partial charge in [0.1, 0.15) is 18.5 Å². The highest BCUT2D eigenvalue weighted by molar-refractivity contribution is 5.54. The van der Waals surface area contributed by atoms with Gasteiger partial charge >= 0.3 is 0 Å². The summed E-state index contributed by atoms with van der Waals surface area (Å²) in [4.78, 5) is 6.70. The number of β-amino-alcohol motifs (C(OH)–C–C–N with tert-alkyl or cyclic N) is 1. The fraction of sp³-hybridized carbons (Fsp3) is 0.320. The summed E-state index contributed by atoms with van der Waals surface area (Å²) in [6, 6.07) is 16.7. The molecule has 5 nitrogen and oxygen atoms in total. The summed E-state index contributed by atoms with van der Waals surface area (Å²) in [6.45, 7) is 2.70. The van der Waals surface area contributed by atoms with Crippen molar-refractivity contribution >= 4 is 6.08 Å². The van der Waals surface area contributed by atoms with Gasteiger partial charge in [0.25, 0.3) is 0 Å². The smallest absolute Gasteiger partial charge is 0.119 e. The van der Waals surface area contributed by atoms with Gasteiger partial charge in [-0.25, -0.2) is 4.98 Å². The minimum atomic E-state index is -0.519. The average molecular weight is 402 g/mol. The Balaban J connectivity index is 1.17. The molecule has 2 heterocycles. The van der Waals surface area contributed by atoms with Gasteiger partial charge in [0, 0.05) is 44.7 Å². The molecule has 1 unspecified atom stereocenters. The number of nitrogens with zero attached hydrogens (tertiary/aromatic N) is 3. The standard InChI is InChI=1S/C25H27N3O2/c1-27-17-26-24-10-9-19(12-25(24)27)18-7-4-8-23(11-18)30-16-22(29)15-28-13-20-5-2-3-6-21(20)14-28/h2-11,17,19,22,29H,12-16H2,1H3/t19?,22-/m0/s1. The Morgan fingerprint density at radius 3 is 2.73 bits per heavy atom. The third kappa shape index (κ3) is 3.91. The summed E-state index contributed by atoms with van der Waals surface area (Å²) < 4.78 is 8.04. The van der Waals surface area contributed by atoms with Crippen LogP contribution in [0.25, 0.3) is 6.08 Å². The molecule has 154 valence electrons. The number of aliphatic hydroxyl groups excluding tert-OH is 1. The molecule has 0 bridgehead atoms. The predicted octanol–water partition coefficient (Wildman–Crippen LogP) is 3.53. The summed E-state index contributed by atoms with van der Waals surface area (Å²) in [5.74, 6) is 1.12. The van der Waals surface area contributed by atoms with Crippen LogP contribution >= 0.6 is 0 Å². The van der Waals surface area contributed by atoms with Crippen molar-refractivity contribution in [2.45, 2.75) is 31.5 Å². The van der Waals surface area contributed by atoms with Crippen molar-refractivity contribution in [3.05, 3.63) is 89.0 Å². The lowest BCUT2D eigenvalue weighted by Gasteiger charge is -2.21. The molecule has 2 atom stereocenters. The number of ether oxygens (including phenoxy) is 1. The molecule has 3 aromatic rings. The van der Waals surface area contributed by atoms with Crippen LogP contribution in [0.2, 0.25) is 0 Å². The Labute approximate surface area is 177 Å². The number of imidazole rings is 1. The molecule has 5 rings (SSSR count). The SMILES string of the molecule is Cn1cnc2c1CC(c1cccc(OC[C@@H](O)CN3Cc4ccccc4C3)c1)C=C2. The number of hydrogen-bond donors (Lipinski definition) is 1. The number of aromatic nitrogens is 2. The zero-order valence-electron chi connectivity index (χ0n) is 17.2. The van der Waals surface area contributed by atoms with Gasteiger partial charge in [0.05, 0.1) is 12.0 Å². The molecule has 30 heavy (non-hydrogen) atoms. The Morgan fingerprint density at radius 1 is 1.13 bits per heavy atom. The number of fused-ring (bicyclic) bond motifs is 2. The van der Waals surface area contributed by atoms with Crippen LogP contribution in [0.1, 0.15) is 34.0 Å². The second kappa shape index (κ2) is 8.09. The first-order valence-corrected chi connectivity index (χ1v) is 10.5. The molecule has 0 amide bonds. The molecule has 0 radical (unpaired) electrons. The molecule has 1 aliphatic carbocycles. The Bertz CT molecular complexity index is 1050. The molecular formula is C25H27N3O2. The lowest BCUT2D eigenvalue weighted by molar-refractivity contribution is 0.0672. The molecule has 1 aromatic heterocycles. The fourth-order valence-corrected chi connectivity index (χ4v) is 4.49. The highest BCUT2D eigenvalue weighted by atomic mass is 16.5. The zero-order valence-corrected chi connectivity index (χ0v) is 17.2. The molecule has 1 aliphatic heterocycles. The summed E-state index contributed by atoms with van der Waals surface area (Å²) in [7, 11) is 2.04. The molecule has 2 aromatic carbocycles. The summed E-state index contributed by atoms with van der Waals surface area (Å²) in [6.07, 6.45) is 6.61. The van der Waals surface area contributed by atoms with Crippen LogP contribution in [0.4, 0.5) is 0 Å². The van der Waals surface area contributed by atoms with Crippen molar-refractivity contribution in [3.8, 4) is 5.75 Å². The molecule has 1 N–H and O–H groups in total. The van der Waals surface area contributed by atoms with E-state index >= 15 is 0 Å². The normalized spacial score (nSPS) is 18.8. The highest BCUT2D eigenvalue weighted by Gasteiger charge is 2.22. The maximum Gasteiger partial charge on any atom is 0.119 e. The van der Waals surface area contributed by atoms with E-state index in [1.165, 1.54) is 22.4 Å². The monoisotopic (exact) mass is 401 g/mol. The van der Waals surface area contributed by atoms with E-state index in [1.807, 2.05) is 25.5 Å². The van der Waals surface area contributed by atoms with Crippen molar-refractivity contribution in [2.24, 2.45) is 7.05 Å².